The summed E-state index contributed by atoms with van der Waals surface area (Å²) in [6.45, 7) is 6.83. The number of benzene rings is 1. The molecule has 0 heterocycles. The molecule has 0 amide bonds. The van der Waals surface area contributed by atoms with Gasteiger partial charge in [0.15, 0.2) is 0 Å². The summed E-state index contributed by atoms with van der Waals surface area (Å²) in [6, 6.07) is 6.31. The fourth-order valence-corrected chi connectivity index (χ4v) is 1.39. The Morgan fingerprint density at radius 1 is 1.36 bits per heavy atom. The van der Waals surface area contributed by atoms with Gasteiger partial charge in [0.05, 0.1) is 6.61 Å². The lowest BCUT2D eigenvalue weighted by molar-refractivity contribution is 0.337. The van der Waals surface area contributed by atoms with Crippen molar-refractivity contribution in [1.29, 1.82) is 0 Å². The van der Waals surface area contributed by atoms with Gasteiger partial charge in [0.2, 0.25) is 0 Å². The van der Waals surface area contributed by atoms with Gasteiger partial charge in [0, 0.05) is 6.04 Å². The smallest absolute Gasteiger partial charge is 0.122 e. The molecule has 1 rings (SSSR count). The van der Waals surface area contributed by atoms with Gasteiger partial charge < -0.3 is 10.5 Å². The van der Waals surface area contributed by atoms with E-state index in [0.29, 0.717) is 6.61 Å². The number of rotatable bonds is 4. The predicted octanol–water partition coefficient (Wildman–Crippen LogP) is 2.80. The van der Waals surface area contributed by atoms with Crippen LogP contribution in [0.1, 0.15) is 37.4 Å². The van der Waals surface area contributed by atoms with E-state index in [2.05, 4.69) is 19.1 Å². The Balaban J connectivity index is 2.93. The van der Waals surface area contributed by atoms with E-state index < -0.39 is 0 Å². The minimum atomic E-state index is 0.120. The maximum atomic E-state index is 5.95. The number of hydrogen-bond acceptors (Lipinski definition) is 2. The average Bonchev–Trinajstić information content (AvgIpc) is 2.20. The summed E-state index contributed by atoms with van der Waals surface area (Å²) in [5, 5.41) is 0. The second-order valence-corrected chi connectivity index (χ2v) is 3.47. The maximum absolute atomic E-state index is 5.95. The van der Waals surface area contributed by atoms with Crippen molar-refractivity contribution in [3.05, 3.63) is 29.3 Å². The van der Waals surface area contributed by atoms with Crippen molar-refractivity contribution in [2.24, 2.45) is 5.73 Å². The molecule has 14 heavy (non-hydrogen) atoms. The van der Waals surface area contributed by atoms with E-state index in [0.717, 1.165) is 17.7 Å². The second-order valence-electron chi connectivity index (χ2n) is 3.47. The summed E-state index contributed by atoms with van der Waals surface area (Å²) in [7, 11) is 0. The van der Waals surface area contributed by atoms with Gasteiger partial charge in [0.1, 0.15) is 5.75 Å². The molecule has 0 saturated heterocycles. The Morgan fingerprint density at radius 3 is 2.64 bits per heavy atom. The van der Waals surface area contributed by atoms with E-state index in [4.69, 9.17) is 10.5 Å². The third-order valence-corrected chi connectivity index (χ3v) is 2.38. The molecule has 1 aromatic carbocycles. The summed E-state index contributed by atoms with van der Waals surface area (Å²) in [6.07, 6.45) is 0.953. The molecular formula is C12H19NO. The first kappa shape index (κ1) is 11.1. The highest BCUT2D eigenvalue weighted by Gasteiger charge is 2.06. The molecule has 0 bridgehead atoms. The average molecular weight is 193 g/mol. The SMILES string of the molecule is CCOc1cc([C@H](N)CC)ccc1C. The third kappa shape index (κ3) is 2.48. The summed E-state index contributed by atoms with van der Waals surface area (Å²) < 4.78 is 5.52. The Morgan fingerprint density at radius 2 is 2.07 bits per heavy atom. The van der Waals surface area contributed by atoms with E-state index in [1.807, 2.05) is 19.9 Å². The van der Waals surface area contributed by atoms with Crippen LogP contribution in [0.15, 0.2) is 18.2 Å². The Hall–Kier alpha value is -1.02. The van der Waals surface area contributed by atoms with Gasteiger partial charge in [-0.05, 0) is 37.5 Å². The van der Waals surface area contributed by atoms with Crippen LogP contribution in [0.4, 0.5) is 0 Å². The molecule has 2 nitrogen and oxygen atoms in total. The highest BCUT2D eigenvalue weighted by molar-refractivity contribution is 5.37. The van der Waals surface area contributed by atoms with Gasteiger partial charge in [-0.3, -0.25) is 0 Å². The Labute approximate surface area is 86.1 Å². The van der Waals surface area contributed by atoms with Crippen LogP contribution in [-0.4, -0.2) is 6.61 Å². The van der Waals surface area contributed by atoms with E-state index in [1.54, 1.807) is 0 Å². The molecule has 0 unspecified atom stereocenters. The van der Waals surface area contributed by atoms with Crippen LogP contribution in [0.3, 0.4) is 0 Å². The number of hydrogen-bond donors (Lipinski definition) is 1. The van der Waals surface area contributed by atoms with Crippen LogP contribution in [0, 0.1) is 6.92 Å². The van der Waals surface area contributed by atoms with Crippen molar-refractivity contribution in [2.75, 3.05) is 6.61 Å². The highest BCUT2D eigenvalue weighted by Crippen LogP contribution is 2.23. The standard InChI is InChI=1S/C12H19NO/c1-4-11(13)10-7-6-9(3)12(8-10)14-5-2/h6-8,11H,4-5,13H2,1-3H3/t11-/m1/s1. The molecule has 2 N–H and O–H groups in total. The molecule has 0 aliphatic heterocycles. The first-order valence-electron chi connectivity index (χ1n) is 5.18. The molecule has 0 fully saturated rings. The van der Waals surface area contributed by atoms with Gasteiger partial charge in [-0.2, -0.15) is 0 Å². The predicted molar refractivity (Wildman–Crippen MR) is 59.6 cm³/mol. The molecule has 0 saturated carbocycles. The van der Waals surface area contributed by atoms with Crippen LogP contribution in [0.2, 0.25) is 0 Å². The lowest BCUT2D eigenvalue weighted by atomic mass is 10.0. The van der Waals surface area contributed by atoms with Crippen molar-refractivity contribution in [3.8, 4) is 5.75 Å². The summed E-state index contributed by atoms with van der Waals surface area (Å²) in [5.74, 6) is 0.953. The minimum absolute atomic E-state index is 0.120. The van der Waals surface area contributed by atoms with Crippen LogP contribution in [-0.2, 0) is 0 Å². The molecule has 0 aliphatic rings. The number of aryl methyl sites for hydroxylation is 1. The maximum Gasteiger partial charge on any atom is 0.122 e. The van der Waals surface area contributed by atoms with Crippen molar-refractivity contribution in [3.63, 3.8) is 0 Å². The summed E-state index contributed by atoms with van der Waals surface area (Å²) in [5.41, 5.74) is 8.27. The van der Waals surface area contributed by atoms with Crippen LogP contribution in [0.25, 0.3) is 0 Å². The molecule has 0 radical (unpaired) electrons. The van der Waals surface area contributed by atoms with E-state index in [1.165, 1.54) is 5.56 Å². The highest BCUT2D eigenvalue weighted by atomic mass is 16.5. The minimum Gasteiger partial charge on any atom is -0.494 e. The van der Waals surface area contributed by atoms with E-state index in [-0.39, 0.29) is 6.04 Å². The molecule has 0 spiro atoms. The lowest BCUT2D eigenvalue weighted by Crippen LogP contribution is -2.09. The van der Waals surface area contributed by atoms with Gasteiger partial charge in [-0.1, -0.05) is 19.1 Å². The normalized spacial score (nSPS) is 12.6. The lowest BCUT2D eigenvalue weighted by Gasteiger charge is -2.13. The van der Waals surface area contributed by atoms with Gasteiger partial charge in [-0.25, -0.2) is 0 Å². The fourth-order valence-electron chi connectivity index (χ4n) is 1.39. The monoisotopic (exact) mass is 193 g/mol. The van der Waals surface area contributed by atoms with E-state index in [9.17, 15) is 0 Å². The van der Waals surface area contributed by atoms with Crippen molar-refractivity contribution < 1.29 is 4.74 Å². The Bertz CT molecular complexity index is 296. The quantitative estimate of drug-likeness (QED) is 0.798. The molecular weight excluding hydrogens is 174 g/mol. The topological polar surface area (TPSA) is 35.2 Å². The second kappa shape index (κ2) is 5.01. The third-order valence-electron chi connectivity index (χ3n) is 2.38. The van der Waals surface area contributed by atoms with E-state index >= 15 is 0 Å². The van der Waals surface area contributed by atoms with Crippen LogP contribution in [0.5, 0.6) is 5.75 Å². The summed E-state index contributed by atoms with van der Waals surface area (Å²) in [4.78, 5) is 0. The number of nitrogens with two attached hydrogens (primary N) is 1. The van der Waals surface area contributed by atoms with Gasteiger partial charge >= 0.3 is 0 Å². The number of ether oxygens (including phenoxy) is 1. The zero-order chi connectivity index (χ0) is 10.6. The van der Waals surface area contributed by atoms with Crippen LogP contribution >= 0.6 is 0 Å². The molecule has 0 aromatic heterocycles. The fraction of sp³-hybridized carbons (Fsp3) is 0.500. The molecule has 2 heteroatoms. The van der Waals surface area contributed by atoms with Crippen molar-refractivity contribution in [2.45, 2.75) is 33.2 Å². The first-order chi connectivity index (χ1) is 6.69. The largest absolute Gasteiger partial charge is 0.494 e. The zero-order valence-corrected chi connectivity index (χ0v) is 9.21. The Kier molecular flexibility index (Phi) is 3.96. The van der Waals surface area contributed by atoms with Crippen LogP contribution < -0.4 is 10.5 Å². The molecule has 1 atom stereocenters. The van der Waals surface area contributed by atoms with Crippen molar-refractivity contribution >= 4 is 0 Å². The molecule has 0 aliphatic carbocycles. The molecule has 78 valence electrons. The van der Waals surface area contributed by atoms with Crippen molar-refractivity contribution in [1.82, 2.24) is 0 Å². The van der Waals surface area contributed by atoms with Gasteiger partial charge in [-0.15, -0.1) is 0 Å². The summed E-state index contributed by atoms with van der Waals surface area (Å²) >= 11 is 0. The van der Waals surface area contributed by atoms with Gasteiger partial charge in [0.25, 0.3) is 0 Å². The first-order valence-corrected chi connectivity index (χ1v) is 5.18. The zero-order valence-electron chi connectivity index (χ0n) is 9.21. The molecule has 1 aromatic rings.